The molecule has 0 aliphatic carbocycles. The van der Waals surface area contributed by atoms with Crippen molar-refractivity contribution in [2.24, 2.45) is 0 Å². The molecule has 3 aromatic rings. The van der Waals surface area contributed by atoms with Crippen LogP contribution in [0, 0.1) is 0 Å². The first kappa shape index (κ1) is 22.0. The first-order valence-electron chi connectivity index (χ1n) is 9.64. The van der Waals surface area contributed by atoms with E-state index in [1.165, 1.54) is 30.8 Å². The highest BCUT2D eigenvalue weighted by molar-refractivity contribution is 9.10. The van der Waals surface area contributed by atoms with Crippen molar-refractivity contribution < 1.29 is 19.4 Å². The van der Waals surface area contributed by atoms with Crippen LogP contribution in [0.25, 0.3) is 5.70 Å². The van der Waals surface area contributed by atoms with Gasteiger partial charge in [-0.15, -0.1) is 0 Å². The van der Waals surface area contributed by atoms with E-state index in [1.807, 2.05) is 42.5 Å². The molecule has 32 heavy (non-hydrogen) atoms. The van der Waals surface area contributed by atoms with E-state index in [1.54, 1.807) is 13.2 Å². The van der Waals surface area contributed by atoms with Crippen LogP contribution in [0.4, 0.5) is 11.4 Å². The summed E-state index contributed by atoms with van der Waals surface area (Å²) in [6, 6.07) is 17.6. The number of aromatic hydroxyl groups is 1. The van der Waals surface area contributed by atoms with Gasteiger partial charge in [0.2, 0.25) is 11.7 Å². The number of ether oxygens (including phenoxy) is 1. The molecule has 0 bridgehead atoms. The predicted molar refractivity (Wildman–Crippen MR) is 130 cm³/mol. The Bertz CT molecular complexity index is 1260. The Hall–Kier alpha value is -3.23. The van der Waals surface area contributed by atoms with Gasteiger partial charge in [0.1, 0.15) is 11.5 Å². The van der Waals surface area contributed by atoms with Crippen LogP contribution in [0.5, 0.6) is 11.5 Å². The number of phenolic OH excluding ortho intramolecular Hbond substituents is 1. The predicted octanol–water partition coefficient (Wildman–Crippen LogP) is 5.89. The average Bonchev–Trinajstić information content (AvgIpc) is 2.78. The van der Waals surface area contributed by atoms with E-state index in [0.717, 1.165) is 20.6 Å². The summed E-state index contributed by atoms with van der Waals surface area (Å²) in [4.78, 5) is 26.4. The number of halogens is 1. The Balaban J connectivity index is 1.83. The Morgan fingerprint density at radius 2 is 1.81 bits per heavy atom. The van der Waals surface area contributed by atoms with Crippen LogP contribution in [0.2, 0.25) is 0 Å². The van der Waals surface area contributed by atoms with Crippen molar-refractivity contribution in [2.45, 2.75) is 11.8 Å². The molecule has 6 nitrogen and oxygen atoms in total. The van der Waals surface area contributed by atoms with Crippen molar-refractivity contribution in [3.63, 3.8) is 0 Å². The summed E-state index contributed by atoms with van der Waals surface area (Å²) in [5.41, 5.74) is 2.83. The summed E-state index contributed by atoms with van der Waals surface area (Å²) in [6.45, 7) is 1.38. The minimum Gasteiger partial charge on any atom is -0.507 e. The van der Waals surface area contributed by atoms with Gasteiger partial charge in [-0.05, 0) is 66.2 Å². The molecule has 0 fully saturated rings. The number of allylic oxidation sites excluding steroid dienone is 1. The van der Waals surface area contributed by atoms with Gasteiger partial charge in [-0.25, -0.2) is 0 Å². The Labute approximate surface area is 197 Å². The number of amides is 1. The third-order valence-electron chi connectivity index (χ3n) is 4.79. The summed E-state index contributed by atoms with van der Waals surface area (Å²) < 4.78 is 6.14. The number of hydrogen-bond donors (Lipinski definition) is 3. The summed E-state index contributed by atoms with van der Waals surface area (Å²) in [6.07, 6.45) is 0. The van der Waals surface area contributed by atoms with Crippen LogP contribution in [-0.4, -0.2) is 23.9 Å². The van der Waals surface area contributed by atoms with Gasteiger partial charge < -0.3 is 20.5 Å². The minimum absolute atomic E-state index is 0.102. The molecular weight excluding hydrogens is 492 g/mol. The number of fused-ring (bicyclic) bond motifs is 1. The van der Waals surface area contributed by atoms with Gasteiger partial charge in [0.25, 0.3) is 0 Å². The fourth-order valence-electron chi connectivity index (χ4n) is 3.28. The molecular formula is C24H19BrN2O4S. The van der Waals surface area contributed by atoms with Crippen molar-refractivity contribution in [3.8, 4) is 11.5 Å². The van der Waals surface area contributed by atoms with E-state index in [9.17, 15) is 14.7 Å². The summed E-state index contributed by atoms with van der Waals surface area (Å²) in [5.74, 6) is -0.0784. The topological polar surface area (TPSA) is 87.7 Å². The second-order valence-corrected chi connectivity index (χ2v) is 9.01. The van der Waals surface area contributed by atoms with Crippen LogP contribution in [0.15, 0.2) is 74.9 Å². The second kappa shape index (κ2) is 9.10. The van der Waals surface area contributed by atoms with Gasteiger partial charge in [0.15, 0.2) is 0 Å². The lowest BCUT2D eigenvalue weighted by Gasteiger charge is -2.24. The van der Waals surface area contributed by atoms with Crippen LogP contribution < -0.4 is 15.4 Å². The van der Waals surface area contributed by atoms with Crippen LogP contribution in [0.3, 0.4) is 0 Å². The number of nitrogens with one attached hydrogen (secondary N) is 2. The molecule has 4 rings (SSSR count). The minimum atomic E-state index is -0.358. The molecule has 8 heteroatoms. The van der Waals surface area contributed by atoms with E-state index < -0.39 is 0 Å². The van der Waals surface area contributed by atoms with Crippen molar-refractivity contribution in [3.05, 3.63) is 81.2 Å². The number of carbonyl (C=O) groups excluding carboxylic acids is 2. The van der Waals surface area contributed by atoms with E-state index >= 15 is 0 Å². The van der Waals surface area contributed by atoms with Crippen molar-refractivity contribution in [2.75, 3.05) is 17.7 Å². The summed E-state index contributed by atoms with van der Waals surface area (Å²) in [7, 11) is 1.59. The molecule has 0 atom stereocenters. The standard InChI is InChI=1S/C24H19BrN2O4S/c1-13(28)26-16-6-10-20(29)18(12-16)23(30)24-22(14-3-7-17(31-2)8-4-14)27-19-9-5-15(25)11-21(19)32-24/h3-12,27,29H,1-2H3,(H,26,28). The number of thioether (sulfide) groups is 1. The zero-order valence-corrected chi connectivity index (χ0v) is 19.6. The molecule has 3 aromatic carbocycles. The van der Waals surface area contributed by atoms with Gasteiger partial charge >= 0.3 is 0 Å². The number of methoxy groups -OCH3 is 1. The maximum absolute atomic E-state index is 13.6. The molecule has 0 spiro atoms. The molecule has 0 saturated heterocycles. The van der Waals surface area contributed by atoms with Crippen molar-refractivity contribution in [1.82, 2.24) is 0 Å². The van der Waals surface area contributed by atoms with Crippen LogP contribution in [0.1, 0.15) is 22.8 Å². The smallest absolute Gasteiger partial charge is 0.221 e. The van der Waals surface area contributed by atoms with Crippen molar-refractivity contribution >= 4 is 56.5 Å². The third kappa shape index (κ3) is 4.51. The number of ketones is 1. The Kier molecular flexibility index (Phi) is 6.25. The fraction of sp³-hybridized carbons (Fsp3) is 0.0833. The average molecular weight is 511 g/mol. The number of carbonyl (C=O) groups is 2. The molecule has 1 heterocycles. The number of rotatable bonds is 5. The largest absolute Gasteiger partial charge is 0.507 e. The Morgan fingerprint density at radius 3 is 2.50 bits per heavy atom. The molecule has 0 aromatic heterocycles. The highest BCUT2D eigenvalue weighted by Gasteiger charge is 2.27. The quantitative estimate of drug-likeness (QED) is 0.293. The molecule has 0 unspecified atom stereocenters. The molecule has 3 N–H and O–H groups in total. The van der Waals surface area contributed by atoms with E-state index in [4.69, 9.17) is 4.74 Å². The Morgan fingerprint density at radius 1 is 1.06 bits per heavy atom. The van der Waals surface area contributed by atoms with E-state index in [-0.39, 0.29) is 23.0 Å². The molecule has 1 aliphatic heterocycles. The second-order valence-electron chi connectivity index (χ2n) is 7.04. The number of Topliss-reactive ketones (excluding diaryl/α,β-unsaturated/α-hetero) is 1. The molecule has 162 valence electrons. The highest BCUT2D eigenvalue weighted by atomic mass is 79.9. The van der Waals surface area contributed by atoms with Gasteiger partial charge in [-0.2, -0.15) is 0 Å². The monoisotopic (exact) mass is 510 g/mol. The van der Waals surface area contributed by atoms with Crippen molar-refractivity contribution in [1.29, 1.82) is 0 Å². The third-order valence-corrected chi connectivity index (χ3v) is 6.43. The van der Waals surface area contributed by atoms with Gasteiger partial charge in [0.05, 0.1) is 29.0 Å². The summed E-state index contributed by atoms with van der Waals surface area (Å²) in [5, 5.41) is 16.4. The fourth-order valence-corrected chi connectivity index (χ4v) is 4.90. The van der Waals surface area contributed by atoms with E-state index in [2.05, 4.69) is 26.6 Å². The SMILES string of the molecule is COc1ccc(C2=C(C(=O)c3cc(NC(C)=O)ccc3O)Sc3cc(Br)ccc3N2)cc1. The molecule has 1 amide bonds. The number of hydrogen-bond acceptors (Lipinski definition) is 6. The lowest BCUT2D eigenvalue weighted by molar-refractivity contribution is -0.114. The van der Waals surface area contributed by atoms with Crippen LogP contribution in [-0.2, 0) is 4.79 Å². The lowest BCUT2D eigenvalue weighted by atomic mass is 10.0. The lowest BCUT2D eigenvalue weighted by Crippen LogP contribution is -2.14. The molecule has 1 aliphatic rings. The number of anilines is 2. The maximum Gasteiger partial charge on any atom is 0.221 e. The number of phenols is 1. The normalized spacial score (nSPS) is 12.6. The van der Waals surface area contributed by atoms with Crippen LogP contribution >= 0.6 is 27.7 Å². The first-order chi connectivity index (χ1) is 15.4. The van der Waals surface area contributed by atoms with E-state index in [0.29, 0.717) is 22.0 Å². The zero-order valence-electron chi connectivity index (χ0n) is 17.2. The zero-order chi connectivity index (χ0) is 22.8. The highest BCUT2D eigenvalue weighted by Crippen LogP contribution is 2.45. The molecule has 0 saturated carbocycles. The van der Waals surface area contributed by atoms with Gasteiger partial charge in [-0.3, -0.25) is 9.59 Å². The summed E-state index contributed by atoms with van der Waals surface area (Å²) >= 11 is 4.80. The maximum atomic E-state index is 13.6. The van der Waals surface area contributed by atoms with Gasteiger partial charge in [-0.1, -0.05) is 27.7 Å². The van der Waals surface area contributed by atoms with Gasteiger partial charge in [0, 0.05) is 22.0 Å². The molecule has 0 radical (unpaired) electrons. The first-order valence-corrected chi connectivity index (χ1v) is 11.2. The number of benzene rings is 3.